The van der Waals surface area contributed by atoms with Gasteiger partial charge < -0.3 is 15.2 Å². The molecule has 0 unspecified atom stereocenters. The van der Waals surface area contributed by atoms with E-state index in [1.165, 1.54) is 0 Å². The largest absolute Gasteiger partial charge is 0.574 e. The van der Waals surface area contributed by atoms with Crippen molar-refractivity contribution in [3.63, 3.8) is 0 Å². The van der Waals surface area contributed by atoms with E-state index < -0.39 is 42.0 Å². The molecule has 1 rings (SSSR count). The summed E-state index contributed by atoms with van der Waals surface area (Å²) in [5.74, 6) is -1.92. The number of hydrogen-bond donors (Lipinski definition) is 1. The number of aromatic nitrogens is 1. The number of methoxy groups -OCH3 is 1. The molecule has 0 aliphatic heterocycles. The van der Waals surface area contributed by atoms with Crippen LogP contribution in [0.1, 0.15) is 11.3 Å². The minimum absolute atomic E-state index is 0.398. The van der Waals surface area contributed by atoms with Crippen molar-refractivity contribution >= 4 is 0 Å². The summed E-state index contributed by atoms with van der Waals surface area (Å²) in [4.78, 5) is 3.08. The van der Waals surface area contributed by atoms with Gasteiger partial charge in [0.05, 0.1) is 12.8 Å². The van der Waals surface area contributed by atoms with Gasteiger partial charge in [-0.25, -0.2) is 4.98 Å². The summed E-state index contributed by atoms with van der Waals surface area (Å²) in [5.41, 5.74) is 2.92. The third-order valence-corrected chi connectivity index (χ3v) is 1.95. The molecule has 4 nitrogen and oxygen atoms in total. The van der Waals surface area contributed by atoms with Gasteiger partial charge in [-0.1, -0.05) is 0 Å². The molecule has 1 aromatic heterocycles. The lowest BCUT2D eigenvalue weighted by Crippen LogP contribution is -2.21. The van der Waals surface area contributed by atoms with Gasteiger partial charge in [0.1, 0.15) is 11.3 Å². The van der Waals surface area contributed by atoms with E-state index in [0.717, 1.165) is 7.11 Å². The second-order valence-corrected chi connectivity index (χ2v) is 3.23. The van der Waals surface area contributed by atoms with Crippen LogP contribution >= 0.6 is 0 Å². The van der Waals surface area contributed by atoms with Gasteiger partial charge in [-0.3, -0.25) is 0 Å². The Balaban J connectivity index is 3.37. The van der Waals surface area contributed by atoms with Gasteiger partial charge in [-0.05, 0) is 0 Å². The van der Waals surface area contributed by atoms with Gasteiger partial charge >= 0.3 is 12.5 Å². The number of nitrogens with two attached hydrogens (primary N) is 1. The highest BCUT2D eigenvalue weighted by Crippen LogP contribution is 2.40. The molecule has 19 heavy (non-hydrogen) atoms. The zero-order valence-electron chi connectivity index (χ0n) is 9.39. The predicted octanol–water partition coefficient (Wildman–Crippen LogP) is 2.47. The maximum absolute atomic E-state index is 12.7. The van der Waals surface area contributed by atoms with Gasteiger partial charge in [-0.2, -0.15) is 13.2 Å². The predicted molar refractivity (Wildman–Crippen MR) is 50.4 cm³/mol. The van der Waals surface area contributed by atoms with Crippen LogP contribution in [0.5, 0.6) is 11.6 Å². The van der Waals surface area contributed by atoms with E-state index in [9.17, 15) is 26.3 Å². The molecule has 0 aliphatic carbocycles. The molecule has 10 heteroatoms. The van der Waals surface area contributed by atoms with Crippen molar-refractivity contribution in [2.75, 3.05) is 7.11 Å². The standard InChI is InChI=1S/C9H8F6N2O2/c1-18-5-2-6(19-9(13,14)15)17-4(3-16)7(5)8(10,11)12/h2H,3,16H2,1H3. The van der Waals surface area contributed by atoms with Crippen LogP contribution in [-0.4, -0.2) is 18.5 Å². The zero-order valence-corrected chi connectivity index (χ0v) is 9.39. The Labute approximate surface area is 103 Å². The highest BCUT2D eigenvalue weighted by atomic mass is 19.4. The summed E-state index contributed by atoms with van der Waals surface area (Å²) < 4.78 is 82.0. The Morgan fingerprint density at radius 2 is 1.79 bits per heavy atom. The van der Waals surface area contributed by atoms with Crippen molar-refractivity contribution in [2.24, 2.45) is 5.73 Å². The molecular weight excluding hydrogens is 282 g/mol. The van der Waals surface area contributed by atoms with E-state index in [2.05, 4.69) is 14.5 Å². The van der Waals surface area contributed by atoms with Crippen molar-refractivity contribution in [2.45, 2.75) is 19.1 Å². The minimum Gasteiger partial charge on any atom is -0.496 e. The van der Waals surface area contributed by atoms with Crippen molar-refractivity contribution in [3.8, 4) is 11.6 Å². The van der Waals surface area contributed by atoms with Crippen LogP contribution in [0.3, 0.4) is 0 Å². The van der Waals surface area contributed by atoms with Crippen LogP contribution in [0, 0.1) is 0 Å². The Bertz CT molecular complexity index is 432. The van der Waals surface area contributed by atoms with Crippen LogP contribution in [-0.2, 0) is 12.7 Å². The van der Waals surface area contributed by atoms with E-state index in [1.54, 1.807) is 0 Å². The average Bonchev–Trinajstić information content (AvgIpc) is 2.23. The van der Waals surface area contributed by atoms with Gasteiger partial charge in [-0.15, -0.1) is 13.2 Å². The Kier molecular flexibility index (Phi) is 4.13. The molecule has 0 amide bonds. The maximum atomic E-state index is 12.7. The fourth-order valence-electron chi connectivity index (χ4n) is 1.33. The lowest BCUT2D eigenvalue weighted by atomic mass is 10.1. The molecule has 0 aromatic carbocycles. The summed E-state index contributed by atoms with van der Waals surface area (Å²) in [6.45, 7) is -0.722. The second kappa shape index (κ2) is 5.11. The fraction of sp³-hybridized carbons (Fsp3) is 0.444. The van der Waals surface area contributed by atoms with Crippen molar-refractivity contribution < 1.29 is 35.8 Å². The van der Waals surface area contributed by atoms with Gasteiger partial charge in [0, 0.05) is 12.6 Å². The molecule has 2 N–H and O–H groups in total. The monoisotopic (exact) mass is 290 g/mol. The quantitative estimate of drug-likeness (QED) is 0.869. The zero-order chi connectivity index (χ0) is 14.8. The molecule has 0 spiro atoms. The first-order chi connectivity index (χ1) is 8.58. The minimum atomic E-state index is -5.08. The van der Waals surface area contributed by atoms with Crippen LogP contribution in [0.2, 0.25) is 0 Å². The molecule has 0 atom stereocenters. The van der Waals surface area contributed by atoms with E-state index in [4.69, 9.17) is 5.73 Å². The summed E-state index contributed by atoms with van der Waals surface area (Å²) in [5, 5.41) is 0. The van der Waals surface area contributed by atoms with Gasteiger partial charge in [0.2, 0.25) is 5.88 Å². The molecule has 1 heterocycles. The van der Waals surface area contributed by atoms with Crippen LogP contribution in [0.4, 0.5) is 26.3 Å². The van der Waals surface area contributed by atoms with E-state index in [1.807, 2.05) is 0 Å². The fourth-order valence-corrected chi connectivity index (χ4v) is 1.33. The summed E-state index contributed by atoms with van der Waals surface area (Å²) in [7, 11) is 0.877. The highest BCUT2D eigenvalue weighted by Gasteiger charge is 2.39. The number of rotatable bonds is 3. The first-order valence-electron chi connectivity index (χ1n) is 4.69. The smallest absolute Gasteiger partial charge is 0.496 e. The third kappa shape index (κ3) is 3.88. The van der Waals surface area contributed by atoms with Crippen LogP contribution in [0.25, 0.3) is 0 Å². The first kappa shape index (κ1) is 15.3. The lowest BCUT2D eigenvalue weighted by molar-refractivity contribution is -0.276. The van der Waals surface area contributed by atoms with Gasteiger partial charge in [0.25, 0.3) is 0 Å². The van der Waals surface area contributed by atoms with E-state index >= 15 is 0 Å². The molecular formula is C9H8F6N2O2. The number of ether oxygens (including phenoxy) is 2. The Morgan fingerprint density at radius 1 is 1.21 bits per heavy atom. The summed E-state index contributed by atoms with van der Waals surface area (Å²) in [6.07, 6.45) is -9.94. The van der Waals surface area contributed by atoms with Crippen LogP contribution < -0.4 is 15.2 Å². The second-order valence-electron chi connectivity index (χ2n) is 3.23. The van der Waals surface area contributed by atoms with Gasteiger partial charge in [0.15, 0.2) is 0 Å². The Morgan fingerprint density at radius 3 is 2.16 bits per heavy atom. The summed E-state index contributed by atoms with van der Waals surface area (Å²) >= 11 is 0. The molecule has 0 saturated carbocycles. The Hall–Kier alpha value is -1.71. The molecule has 108 valence electrons. The average molecular weight is 290 g/mol. The number of pyridine rings is 1. The molecule has 0 bridgehead atoms. The number of alkyl halides is 6. The number of nitrogens with zero attached hydrogens (tertiary/aromatic N) is 1. The van der Waals surface area contributed by atoms with Crippen molar-refractivity contribution in [1.82, 2.24) is 4.98 Å². The van der Waals surface area contributed by atoms with Crippen molar-refractivity contribution in [3.05, 3.63) is 17.3 Å². The molecule has 0 saturated heterocycles. The SMILES string of the molecule is COc1cc(OC(F)(F)F)nc(CN)c1C(F)(F)F. The lowest BCUT2D eigenvalue weighted by Gasteiger charge is -2.17. The normalized spacial score (nSPS) is 12.4. The molecule has 0 radical (unpaired) electrons. The third-order valence-electron chi connectivity index (χ3n) is 1.95. The first-order valence-corrected chi connectivity index (χ1v) is 4.69. The highest BCUT2D eigenvalue weighted by molar-refractivity contribution is 5.42. The molecule has 0 aliphatic rings. The number of hydrogen-bond acceptors (Lipinski definition) is 4. The summed E-state index contributed by atoms with van der Waals surface area (Å²) in [6, 6.07) is 0.398. The van der Waals surface area contributed by atoms with Crippen molar-refractivity contribution in [1.29, 1.82) is 0 Å². The number of halogens is 6. The molecule has 1 aromatic rings. The van der Waals surface area contributed by atoms with E-state index in [0.29, 0.717) is 6.07 Å². The molecule has 0 fully saturated rings. The van der Waals surface area contributed by atoms with Crippen LogP contribution in [0.15, 0.2) is 6.07 Å². The maximum Gasteiger partial charge on any atom is 0.574 e. The topological polar surface area (TPSA) is 57.4 Å². The van der Waals surface area contributed by atoms with E-state index in [-0.39, 0.29) is 0 Å².